The molecule has 102 valence electrons. The van der Waals surface area contributed by atoms with E-state index in [1.165, 1.54) is 5.56 Å². The third-order valence-electron chi connectivity index (χ3n) is 3.16. The van der Waals surface area contributed by atoms with Crippen LogP contribution in [0.4, 0.5) is 0 Å². The van der Waals surface area contributed by atoms with Gasteiger partial charge in [0.25, 0.3) is 0 Å². The molecule has 2 rings (SSSR count). The van der Waals surface area contributed by atoms with E-state index >= 15 is 0 Å². The summed E-state index contributed by atoms with van der Waals surface area (Å²) in [6.07, 6.45) is 0. The molecule has 1 aliphatic rings. The molecular weight excluding hydrogens is 238 g/mol. The van der Waals surface area contributed by atoms with Crippen molar-refractivity contribution in [3.63, 3.8) is 0 Å². The number of morpholine rings is 1. The topological polar surface area (TPSA) is 21.7 Å². The van der Waals surface area contributed by atoms with Gasteiger partial charge in [0.1, 0.15) is 12.4 Å². The molecule has 1 heterocycles. The van der Waals surface area contributed by atoms with Gasteiger partial charge in [0, 0.05) is 13.1 Å². The molecule has 19 heavy (non-hydrogen) atoms. The molecule has 0 atom stereocenters. The zero-order valence-corrected chi connectivity index (χ0v) is 11.7. The Bertz CT molecular complexity index is 467. The Morgan fingerprint density at radius 1 is 1.21 bits per heavy atom. The average molecular weight is 259 g/mol. The van der Waals surface area contributed by atoms with Crippen LogP contribution in [-0.2, 0) is 4.74 Å². The molecule has 0 aliphatic carbocycles. The molecule has 0 aromatic heterocycles. The van der Waals surface area contributed by atoms with Crippen molar-refractivity contribution in [1.82, 2.24) is 4.90 Å². The predicted octanol–water partition coefficient (Wildman–Crippen LogP) is 2.02. The molecule has 1 aromatic rings. The van der Waals surface area contributed by atoms with Gasteiger partial charge in [0.15, 0.2) is 0 Å². The van der Waals surface area contributed by atoms with E-state index in [2.05, 4.69) is 42.7 Å². The molecule has 0 saturated carbocycles. The molecule has 0 N–H and O–H groups in total. The zero-order chi connectivity index (χ0) is 13.5. The fourth-order valence-corrected chi connectivity index (χ4v) is 2.05. The van der Waals surface area contributed by atoms with Crippen molar-refractivity contribution in [2.24, 2.45) is 0 Å². The van der Waals surface area contributed by atoms with Crippen molar-refractivity contribution in [2.75, 3.05) is 39.5 Å². The molecule has 0 radical (unpaired) electrons. The molecule has 0 unspecified atom stereocenters. The van der Waals surface area contributed by atoms with Crippen molar-refractivity contribution in [3.05, 3.63) is 29.3 Å². The Kier molecular flexibility index (Phi) is 5.26. The van der Waals surface area contributed by atoms with Crippen LogP contribution in [0.1, 0.15) is 11.1 Å². The molecule has 0 spiro atoms. The Hall–Kier alpha value is -1.50. The highest BCUT2D eigenvalue weighted by Gasteiger charge is 2.07. The number of rotatable bonds is 3. The van der Waals surface area contributed by atoms with Crippen LogP contribution < -0.4 is 4.74 Å². The van der Waals surface area contributed by atoms with E-state index in [9.17, 15) is 0 Å². The summed E-state index contributed by atoms with van der Waals surface area (Å²) in [7, 11) is 0. The highest BCUT2D eigenvalue weighted by atomic mass is 16.5. The van der Waals surface area contributed by atoms with Gasteiger partial charge in [-0.15, -0.1) is 0 Å². The van der Waals surface area contributed by atoms with Gasteiger partial charge in [-0.1, -0.05) is 29.5 Å². The largest absolute Gasteiger partial charge is 0.481 e. The van der Waals surface area contributed by atoms with Crippen LogP contribution in [0.15, 0.2) is 18.2 Å². The van der Waals surface area contributed by atoms with Crippen LogP contribution >= 0.6 is 0 Å². The Morgan fingerprint density at radius 2 is 2.00 bits per heavy atom. The van der Waals surface area contributed by atoms with Gasteiger partial charge < -0.3 is 9.47 Å². The van der Waals surface area contributed by atoms with Gasteiger partial charge in [0.2, 0.25) is 0 Å². The van der Waals surface area contributed by atoms with Crippen molar-refractivity contribution < 1.29 is 9.47 Å². The van der Waals surface area contributed by atoms with Crippen LogP contribution in [0.5, 0.6) is 5.75 Å². The first-order valence-electron chi connectivity index (χ1n) is 6.71. The lowest BCUT2D eigenvalue weighted by atomic mass is 10.1. The van der Waals surface area contributed by atoms with Crippen LogP contribution in [-0.4, -0.2) is 44.4 Å². The van der Waals surface area contributed by atoms with Crippen LogP contribution in [0.2, 0.25) is 0 Å². The second kappa shape index (κ2) is 7.18. The number of aryl methyl sites for hydroxylation is 2. The summed E-state index contributed by atoms with van der Waals surface area (Å²) in [5, 5.41) is 0. The Labute approximate surface area is 115 Å². The van der Waals surface area contributed by atoms with Gasteiger partial charge in [-0.25, -0.2) is 0 Å². The van der Waals surface area contributed by atoms with Crippen LogP contribution in [0, 0.1) is 25.7 Å². The smallest absolute Gasteiger partial charge is 0.149 e. The highest BCUT2D eigenvalue weighted by Crippen LogP contribution is 2.18. The molecule has 1 saturated heterocycles. The van der Waals surface area contributed by atoms with Gasteiger partial charge in [-0.05, 0) is 25.5 Å². The summed E-state index contributed by atoms with van der Waals surface area (Å²) < 4.78 is 11.0. The SMILES string of the molecule is Cc1ccc(OCC#CCN2CCOCC2)c(C)c1. The van der Waals surface area contributed by atoms with Gasteiger partial charge >= 0.3 is 0 Å². The molecular formula is C16H21NO2. The average Bonchev–Trinajstić information content (AvgIpc) is 2.42. The quantitative estimate of drug-likeness (QED) is 0.775. The molecule has 0 amide bonds. The maximum atomic E-state index is 5.66. The van der Waals surface area contributed by atoms with E-state index in [1.807, 2.05) is 6.07 Å². The van der Waals surface area contributed by atoms with E-state index in [-0.39, 0.29) is 0 Å². The highest BCUT2D eigenvalue weighted by molar-refractivity contribution is 5.35. The number of ether oxygens (including phenoxy) is 2. The fourth-order valence-electron chi connectivity index (χ4n) is 2.05. The second-order valence-corrected chi connectivity index (χ2v) is 4.80. The minimum Gasteiger partial charge on any atom is -0.481 e. The monoisotopic (exact) mass is 259 g/mol. The van der Waals surface area contributed by atoms with Crippen molar-refractivity contribution >= 4 is 0 Å². The summed E-state index contributed by atoms with van der Waals surface area (Å²) in [4.78, 5) is 2.30. The molecule has 0 bridgehead atoms. The first kappa shape index (κ1) is 13.9. The minimum atomic E-state index is 0.453. The predicted molar refractivity (Wildman–Crippen MR) is 76.4 cm³/mol. The van der Waals surface area contributed by atoms with E-state index in [0.29, 0.717) is 6.61 Å². The van der Waals surface area contributed by atoms with Gasteiger partial charge in [-0.2, -0.15) is 0 Å². The van der Waals surface area contributed by atoms with Crippen LogP contribution in [0.3, 0.4) is 0 Å². The molecule has 1 fully saturated rings. The van der Waals surface area contributed by atoms with E-state index in [0.717, 1.165) is 44.2 Å². The molecule has 3 nitrogen and oxygen atoms in total. The summed E-state index contributed by atoms with van der Waals surface area (Å²) in [6.45, 7) is 9.00. The Balaban J connectivity index is 1.74. The summed E-state index contributed by atoms with van der Waals surface area (Å²) in [6, 6.07) is 6.19. The van der Waals surface area contributed by atoms with E-state index < -0.39 is 0 Å². The fraction of sp³-hybridized carbons (Fsp3) is 0.500. The Morgan fingerprint density at radius 3 is 2.74 bits per heavy atom. The summed E-state index contributed by atoms with van der Waals surface area (Å²) >= 11 is 0. The maximum absolute atomic E-state index is 5.66. The molecule has 1 aromatic carbocycles. The van der Waals surface area contributed by atoms with E-state index in [1.54, 1.807) is 0 Å². The number of hydrogen-bond acceptors (Lipinski definition) is 3. The van der Waals surface area contributed by atoms with Gasteiger partial charge in [0.05, 0.1) is 19.8 Å². The second-order valence-electron chi connectivity index (χ2n) is 4.80. The standard InChI is InChI=1S/C16H21NO2/c1-14-5-6-16(15(2)13-14)19-10-4-3-7-17-8-11-18-12-9-17/h5-6,13H,7-12H2,1-2H3. The maximum Gasteiger partial charge on any atom is 0.149 e. The zero-order valence-electron chi connectivity index (χ0n) is 11.7. The summed E-state index contributed by atoms with van der Waals surface area (Å²) in [5.74, 6) is 7.14. The third-order valence-corrected chi connectivity index (χ3v) is 3.16. The first-order chi connectivity index (χ1) is 9.25. The lowest BCUT2D eigenvalue weighted by Crippen LogP contribution is -2.36. The van der Waals surface area contributed by atoms with Crippen molar-refractivity contribution in [2.45, 2.75) is 13.8 Å². The minimum absolute atomic E-state index is 0.453. The van der Waals surface area contributed by atoms with Crippen LogP contribution in [0.25, 0.3) is 0 Å². The van der Waals surface area contributed by atoms with Gasteiger partial charge in [-0.3, -0.25) is 4.90 Å². The number of nitrogens with zero attached hydrogens (tertiary/aromatic N) is 1. The molecule has 1 aliphatic heterocycles. The summed E-state index contributed by atoms with van der Waals surface area (Å²) in [5.41, 5.74) is 2.42. The van der Waals surface area contributed by atoms with Crippen molar-refractivity contribution in [1.29, 1.82) is 0 Å². The lowest BCUT2D eigenvalue weighted by molar-refractivity contribution is 0.0443. The lowest BCUT2D eigenvalue weighted by Gasteiger charge is -2.24. The normalized spacial score (nSPS) is 15.7. The van der Waals surface area contributed by atoms with Crippen molar-refractivity contribution in [3.8, 4) is 17.6 Å². The number of benzene rings is 1. The molecule has 3 heteroatoms. The van der Waals surface area contributed by atoms with E-state index in [4.69, 9.17) is 9.47 Å². The third kappa shape index (κ3) is 4.59. The number of hydrogen-bond donors (Lipinski definition) is 0. The first-order valence-corrected chi connectivity index (χ1v) is 6.71.